The van der Waals surface area contributed by atoms with Crippen molar-refractivity contribution >= 4 is 38.5 Å². The summed E-state index contributed by atoms with van der Waals surface area (Å²) in [7, 11) is -2.89. The molecule has 182 valence electrons. The largest absolute Gasteiger partial charge is 0.386 e. The molecule has 34 heavy (non-hydrogen) atoms. The highest BCUT2D eigenvalue weighted by atomic mass is 28.3. The van der Waals surface area contributed by atoms with Crippen molar-refractivity contribution in [3.63, 3.8) is 0 Å². The minimum absolute atomic E-state index is 0.361. The van der Waals surface area contributed by atoms with Crippen molar-refractivity contribution in [2.24, 2.45) is 0 Å². The molecule has 1 aliphatic rings. The zero-order valence-electron chi connectivity index (χ0n) is 20.9. The number of hydrogen-bond donors (Lipinski definition) is 0. The highest BCUT2D eigenvalue weighted by molar-refractivity contribution is 6.89. The molecule has 8 heteroatoms. The molecule has 1 aliphatic carbocycles. The second-order valence-corrected chi connectivity index (χ2v) is 20.8. The molecule has 0 N–H and O–H groups in total. The van der Waals surface area contributed by atoms with Crippen LogP contribution in [0.5, 0.6) is 0 Å². The van der Waals surface area contributed by atoms with Gasteiger partial charge in [-0.1, -0.05) is 73.9 Å². The second kappa shape index (κ2) is 10.6. The molecule has 0 unspecified atom stereocenters. The maximum absolute atomic E-state index is 12.4. The van der Waals surface area contributed by atoms with Crippen molar-refractivity contribution in [1.29, 1.82) is 0 Å². The Morgan fingerprint density at radius 2 is 0.912 bits per heavy atom. The van der Waals surface area contributed by atoms with Gasteiger partial charge < -0.3 is 0 Å². The summed E-state index contributed by atoms with van der Waals surface area (Å²) in [6, 6.07) is 14.9. The van der Waals surface area contributed by atoms with Gasteiger partial charge in [0.1, 0.15) is 0 Å². The highest BCUT2D eigenvalue weighted by Crippen LogP contribution is 2.27. The molecule has 0 heterocycles. The van der Waals surface area contributed by atoms with E-state index in [9.17, 15) is 9.59 Å². The van der Waals surface area contributed by atoms with E-state index < -0.39 is 28.1 Å². The van der Waals surface area contributed by atoms with Crippen LogP contribution in [0.15, 0.2) is 60.0 Å². The number of allylic oxidation sites excluding steroid dienone is 2. The maximum Gasteiger partial charge on any atom is 0.386 e. The fraction of sp³-hybridized carbons (Fsp3) is 0.385. The Bertz CT molecular complexity index is 959. The third-order valence-electron chi connectivity index (χ3n) is 5.78. The molecule has 0 radical (unpaired) electrons. The normalized spacial score (nSPS) is 14.4. The predicted molar refractivity (Wildman–Crippen MR) is 137 cm³/mol. The molecule has 3 rings (SSSR count). The Morgan fingerprint density at radius 1 is 0.588 bits per heavy atom. The van der Waals surface area contributed by atoms with E-state index in [0.29, 0.717) is 35.5 Å². The molecule has 0 saturated carbocycles. The first-order valence-corrected chi connectivity index (χ1v) is 18.7. The summed E-state index contributed by atoms with van der Waals surface area (Å²) < 4.78 is 0. The molecule has 0 atom stereocenters. The zero-order valence-corrected chi connectivity index (χ0v) is 22.9. The lowest BCUT2D eigenvalue weighted by Gasteiger charge is -2.18. The van der Waals surface area contributed by atoms with Gasteiger partial charge in [-0.25, -0.2) is 19.4 Å². The van der Waals surface area contributed by atoms with Gasteiger partial charge in [-0.15, -0.1) is 0 Å². The summed E-state index contributed by atoms with van der Waals surface area (Å²) in [6.45, 7) is 13.5. The number of hydrogen-bond acceptors (Lipinski definition) is 6. The fourth-order valence-electron chi connectivity index (χ4n) is 3.51. The van der Waals surface area contributed by atoms with Crippen LogP contribution >= 0.6 is 0 Å². The molecule has 0 aromatic heterocycles. The van der Waals surface area contributed by atoms with Gasteiger partial charge >= 0.3 is 11.9 Å². The van der Waals surface area contributed by atoms with Gasteiger partial charge in [0.05, 0.1) is 27.3 Å². The smallest absolute Gasteiger partial charge is 0.287 e. The van der Waals surface area contributed by atoms with Crippen molar-refractivity contribution < 1.29 is 29.1 Å². The van der Waals surface area contributed by atoms with Gasteiger partial charge in [0.25, 0.3) is 0 Å². The second-order valence-electron chi connectivity index (χ2n) is 10.6. The van der Waals surface area contributed by atoms with Crippen LogP contribution in [-0.4, -0.2) is 28.1 Å². The lowest BCUT2D eigenvalue weighted by atomic mass is 10.0. The summed E-state index contributed by atoms with van der Waals surface area (Å²) in [4.78, 5) is 45.6. The average Bonchev–Trinajstić information content (AvgIpc) is 2.80. The Hall–Kier alpha value is -2.85. The number of rotatable bonds is 8. The Labute approximate surface area is 203 Å². The summed E-state index contributed by atoms with van der Waals surface area (Å²) in [5.74, 6) is -0.446. The van der Waals surface area contributed by atoms with Crippen LogP contribution in [0, 0.1) is 0 Å². The molecule has 0 bridgehead atoms. The minimum atomic E-state index is -1.45. The first kappa shape index (κ1) is 25.8. The number of benzene rings is 2. The molecule has 2 aromatic carbocycles. The maximum atomic E-state index is 12.4. The summed E-state index contributed by atoms with van der Waals surface area (Å²) >= 11 is 0. The molecule has 0 amide bonds. The van der Waals surface area contributed by atoms with Crippen LogP contribution in [0.1, 0.15) is 46.4 Å². The van der Waals surface area contributed by atoms with Gasteiger partial charge in [-0.05, 0) is 37.1 Å². The Morgan fingerprint density at radius 3 is 1.21 bits per heavy atom. The molecule has 2 aromatic rings. The predicted octanol–water partition coefficient (Wildman–Crippen LogP) is 5.44. The average molecular weight is 499 g/mol. The molecular formula is C26H34O6Si2. The molecule has 6 nitrogen and oxygen atoms in total. The molecule has 0 fully saturated rings. The monoisotopic (exact) mass is 498 g/mol. The van der Waals surface area contributed by atoms with Gasteiger partial charge in [-0.2, -0.15) is 0 Å². The molecule has 0 aliphatic heterocycles. The van der Waals surface area contributed by atoms with Gasteiger partial charge in [-0.3, -0.25) is 9.78 Å². The van der Waals surface area contributed by atoms with Crippen molar-refractivity contribution in [1.82, 2.24) is 0 Å². The Balaban J connectivity index is 1.59. The van der Waals surface area contributed by atoms with Crippen LogP contribution in [0.2, 0.25) is 39.3 Å². The van der Waals surface area contributed by atoms with Crippen molar-refractivity contribution in [2.75, 3.05) is 0 Å². The van der Waals surface area contributed by atoms with Gasteiger partial charge in [0, 0.05) is 12.8 Å². The number of carbonyl (C=O) groups excluding carboxylic acids is 2. The van der Waals surface area contributed by atoms with E-state index in [1.165, 1.54) is 10.4 Å². The number of carbonyl (C=O) groups is 2. The van der Waals surface area contributed by atoms with E-state index in [0.717, 1.165) is 12.8 Å². The first-order valence-electron chi connectivity index (χ1n) is 11.7. The quantitative estimate of drug-likeness (QED) is 0.274. The van der Waals surface area contributed by atoms with E-state index in [2.05, 4.69) is 39.3 Å². The third-order valence-corrected chi connectivity index (χ3v) is 9.91. The van der Waals surface area contributed by atoms with E-state index in [1.54, 1.807) is 24.3 Å². The van der Waals surface area contributed by atoms with Gasteiger partial charge in [0.2, 0.25) is 0 Å². The minimum Gasteiger partial charge on any atom is -0.287 e. The van der Waals surface area contributed by atoms with Crippen LogP contribution in [0.4, 0.5) is 0 Å². The molecule has 0 spiro atoms. The zero-order chi connectivity index (χ0) is 24.9. The Kier molecular flexibility index (Phi) is 8.04. The van der Waals surface area contributed by atoms with E-state index >= 15 is 0 Å². The lowest BCUT2D eigenvalue weighted by molar-refractivity contribution is -0.239. The van der Waals surface area contributed by atoms with E-state index in [-0.39, 0.29) is 0 Å². The van der Waals surface area contributed by atoms with Crippen molar-refractivity contribution in [3.8, 4) is 0 Å². The van der Waals surface area contributed by atoms with Crippen molar-refractivity contribution in [2.45, 2.75) is 65.0 Å². The van der Waals surface area contributed by atoms with Crippen LogP contribution in [-0.2, 0) is 19.6 Å². The first-order chi connectivity index (χ1) is 15.9. The van der Waals surface area contributed by atoms with Crippen LogP contribution < -0.4 is 10.4 Å². The summed E-state index contributed by atoms with van der Waals surface area (Å²) in [5, 5.41) is 2.51. The topological polar surface area (TPSA) is 71.1 Å². The fourth-order valence-corrected chi connectivity index (χ4v) is 5.84. The standard InChI is InChI=1S/C26H34O6Si2/c1-33(2,3)21-15-11-19(12-16-21)25(27)31-29-23-9-7-8-10-24(23)30-32-26(28)20-13-17-22(18-14-20)34(4,5)6/h11-18H,7-10H2,1-6H3. The SMILES string of the molecule is C[Si](C)(C)c1ccc(C(=O)OOC2=C(OOC(=O)c3ccc([Si](C)(C)C)cc3)CCCC2)cc1. The van der Waals surface area contributed by atoms with E-state index in [4.69, 9.17) is 19.6 Å². The lowest BCUT2D eigenvalue weighted by Crippen LogP contribution is -2.37. The van der Waals surface area contributed by atoms with Crippen molar-refractivity contribution in [3.05, 3.63) is 71.2 Å². The molecule has 0 saturated heterocycles. The van der Waals surface area contributed by atoms with Crippen LogP contribution in [0.25, 0.3) is 0 Å². The molecular weight excluding hydrogens is 464 g/mol. The van der Waals surface area contributed by atoms with E-state index in [1.807, 2.05) is 24.3 Å². The summed E-state index contributed by atoms with van der Waals surface area (Å²) in [5.41, 5.74) is 0.822. The summed E-state index contributed by atoms with van der Waals surface area (Å²) in [6.07, 6.45) is 2.77. The highest BCUT2D eigenvalue weighted by Gasteiger charge is 2.23. The third kappa shape index (κ3) is 6.83. The van der Waals surface area contributed by atoms with Gasteiger partial charge in [0.15, 0.2) is 11.5 Å². The van der Waals surface area contributed by atoms with Crippen LogP contribution in [0.3, 0.4) is 0 Å².